The van der Waals surface area contributed by atoms with Crippen molar-refractivity contribution in [2.24, 2.45) is 5.92 Å². The fraction of sp³-hybridized carbons (Fsp3) is 0.278. The third-order valence-electron chi connectivity index (χ3n) is 4.26. The van der Waals surface area contributed by atoms with Crippen molar-refractivity contribution in [2.45, 2.75) is 12.7 Å². The summed E-state index contributed by atoms with van der Waals surface area (Å²) >= 11 is 0. The molecular formula is C18H18F3N3O2. The zero-order valence-electron chi connectivity index (χ0n) is 13.8. The molecule has 0 spiro atoms. The third kappa shape index (κ3) is 4.38. The van der Waals surface area contributed by atoms with Gasteiger partial charge >= 0.3 is 12.3 Å². The number of alkyl halides is 3. The fourth-order valence-corrected chi connectivity index (χ4v) is 2.70. The third-order valence-corrected chi connectivity index (χ3v) is 4.26. The van der Waals surface area contributed by atoms with Gasteiger partial charge in [-0.1, -0.05) is 12.1 Å². The van der Waals surface area contributed by atoms with E-state index < -0.39 is 18.2 Å². The first-order valence-corrected chi connectivity index (χ1v) is 8.06. The summed E-state index contributed by atoms with van der Waals surface area (Å²) in [7, 11) is 0. The molecule has 2 aromatic rings. The molecule has 26 heavy (non-hydrogen) atoms. The van der Waals surface area contributed by atoms with Crippen molar-refractivity contribution in [3.05, 3.63) is 54.1 Å². The van der Waals surface area contributed by atoms with E-state index in [1.807, 2.05) is 36.4 Å². The number of rotatable bonds is 5. The number of hydrogen-bond donors (Lipinski definition) is 3. The number of carbonyl (C=O) groups is 1. The SMILES string of the molecule is O=C(O)NCc1ccc(Nc2ccc(N3CC(C(F)(F)F)C3)cc2)cc1. The standard InChI is InChI=1S/C18H18F3N3O2/c19-18(20,21)13-10-24(11-13)16-7-5-15(6-8-16)23-14-3-1-12(2-4-14)9-22-17(25)26/h1-8,13,22-23H,9-11H2,(H,25,26). The van der Waals surface area contributed by atoms with Crippen molar-refractivity contribution in [2.75, 3.05) is 23.3 Å². The number of amides is 1. The minimum Gasteiger partial charge on any atom is -0.465 e. The van der Waals surface area contributed by atoms with E-state index in [9.17, 15) is 18.0 Å². The molecule has 3 N–H and O–H groups in total. The first kappa shape index (κ1) is 17.9. The van der Waals surface area contributed by atoms with Crippen molar-refractivity contribution in [1.82, 2.24) is 5.32 Å². The van der Waals surface area contributed by atoms with Gasteiger partial charge in [-0.25, -0.2) is 4.79 Å². The van der Waals surface area contributed by atoms with Crippen LogP contribution in [0.2, 0.25) is 0 Å². The van der Waals surface area contributed by atoms with Gasteiger partial charge in [-0.05, 0) is 42.0 Å². The van der Waals surface area contributed by atoms with Crippen LogP contribution >= 0.6 is 0 Å². The summed E-state index contributed by atoms with van der Waals surface area (Å²) in [5, 5.41) is 14.1. The van der Waals surface area contributed by atoms with E-state index in [0.29, 0.717) is 0 Å². The van der Waals surface area contributed by atoms with Gasteiger partial charge in [0.25, 0.3) is 0 Å². The molecule has 0 aliphatic carbocycles. The van der Waals surface area contributed by atoms with Crippen molar-refractivity contribution in [1.29, 1.82) is 0 Å². The number of benzene rings is 2. The molecule has 3 rings (SSSR count). The van der Waals surface area contributed by atoms with Crippen LogP contribution < -0.4 is 15.5 Å². The molecule has 0 radical (unpaired) electrons. The van der Waals surface area contributed by atoms with Crippen molar-refractivity contribution in [3.63, 3.8) is 0 Å². The molecule has 0 atom stereocenters. The second-order valence-corrected chi connectivity index (χ2v) is 6.17. The summed E-state index contributed by atoms with van der Waals surface area (Å²) in [5.41, 5.74) is 3.26. The Bertz CT molecular complexity index is 755. The van der Waals surface area contributed by atoms with Crippen LogP contribution in [0.3, 0.4) is 0 Å². The Labute approximate surface area is 148 Å². The Morgan fingerprint density at radius 3 is 2.08 bits per heavy atom. The lowest BCUT2D eigenvalue weighted by Crippen LogP contribution is -2.53. The Morgan fingerprint density at radius 1 is 1.04 bits per heavy atom. The predicted molar refractivity (Wildman–Crippen MR) is 92.8 cm³/mol. The van der Waals surface area contributed by atoms with Crippen LogP contribution in [-0.2, 0) is 6.54 Å². The average molecular weight is 365 g/mol. The van der Waals surface area contributed by atoms with E-state index in [2.05, 4.69) is 10.6 Å². The molecule has 1 amide bonds. The molecule has 1 aliphatic heterocycles. The molecule has 2 aromatic carbocycles. The van der Waals surface area contributed by atoms with Gasteiger partial charge in [-0.15, -0.1) is 0 Å². The minimum absolute atomic E-state index is 0.00210. The second kappa shape index (κ2) is 7.15. The highest BCUT2D eigenvalue weighted by molar-refractivity contribution is 5.65. The maximum atomic E-state index is 12.5. The molecule has 1 aliphatic rings. The van der Waals surface area contributed by atoms with Gasteiger partial charge in [0, 0.05) is 36.7 Å². The van der Waals surface area contributed by atoms with Crippen molar-refractivity contribution >= 4 is 23.2 Å². The van der Waals surface area contributed by atoms with Crippen LogP contribution in [0.4, 0.5) is 35.0 Å². The first-order chi connectivity index (χ1) is 12.3. The maximum absolute atomic E-state index is 12.5. The topological polar surface area (TPSA) is 64.6 Å². The number of hydrogen-bond acceptors (Lipinski definition) is 3. The van der Waals surface area contributed by atoms with Gasteiger partial charge in [0.15, 0.2) is 0 Å². The average Bonchev–Trinajstić information content (AvgIpc) is 2.53. The monoisotopic (exact) mass is 365 g/mol. The Hall–Kier alpha value is -2.90. The van der Waals surface area contributed by atoms with Gasteiger partial charge in [-0.2, -0.15) is 13.2 Å². The summed E-state index contributed by atoms with van der Waals surface area (Å²) in [6.07, 6.45) is -5.19. The normalized spacial score (nSPS) is 14.7. The Balaban J connectivity index is 1.54. The minimum atomic E-state index is -4.12. The van der Waals surface area contributed by atoms with Crippen molar-refractivity contribution in [3.8, 4) is 0 Å². The smallest absolute Gasteiger partial charge is 0.404 e. The Kier molecular flexibility index (Phi) is 4.92. The van der Waals surface area contributed by atoms with Gasteiger partial charge in [0.1, 0.15) is 0 Å². The molecule has 0 aromatic heterocycles. The molecule has 8 heteroatoms. The second-order valence-electron chi connectivity index (χ2n) is 6.17. The molecule has 5 nitrogen and oxygen atoms in total. The van der Waals surface area contributed by atoms with Gasteiger partial charge in [0.05, 0.1) is 5.92 Å². The lowest BCUT2D eigenvalue weighted by molar-refractivity contribution is -0.180. The van der Waals surface area contributed by atoms with Crippen LogP contribution in [0.15, 0.2) is 48.5 Å². The molecule has 1 fully saturated rings. The highest BCUT2D eigenvalue weighted by Crippen LogP contribution is 2.36. The van der Waals surface area contributed by atoms with E-state index in [-0.39, 0.29) is 19.6 Å². The summed E-state index contributed by atoms with van der Waals surface area (Å²) < 4.78 is 37.6. The van der Waals surface area contributed by atoms with Crippen LogP contribution in [0.5, 0.6) is 0 Å². The summed E-state index contributed by atoms with van der Waals surface area (Å²) in [6, 6.07) is 14.5. The number of anilines is 3. The highest BCUT2D eigenvalue weighted by atomic mass is 19.4. The zero-order valence-corrected chi connectivity index (χ0v) is 13.8. The largest absolute Gasteiger partial charge is 0.465 e. The number of halogens is 3. The summed E-state index contributed by atoms with van der Waals surface area (Å²) in [6.45, 7) is 0.239. The lowest BCUT2D eigenvalue weighted by Gasteiger charge is -2.41. The molecule has 1 saturated heterocycles. The van der Waals surface area contributed by atoms with Crippen LogP contribution in [0.25, 0.3) is 0 Å². The molecule has 1 heterocycles. The predicted octanol–water partition coefficient (Wildman–Crippen LogP) is 4.20. The number of nitrogens with zero attached hydrogens (tertiary/aromatic N) is 1. The molecule has 0 saturated carbocycles. The van der Waals surface area contributed by atoms with E-state index in [1.165, 1.54) is 0 Å². The highest BCUT2D eigenvalue weighted by Gasteiger charge is 2.47. The van der Waals surface area contributed by atoms with Crippen LogP contribution in [0, 0.1) is 5.92 Å². The Morgan fingerprint density at radius 2 is 1.58 bits per heavy atom. The lowest BCUT2D eigenvalue weighted by atomic mass is 9.98. The van der Waals surface area contributed by atoms with E-state index >= 15 is 0 Å². The van der Waals surface area contributed by atoms with Gasteiger partial charge < -0.3 is 20.6 Å². The van der Waals surface area contributed by atoms with E-state index in [1.54, 1.807) is 17.0 Å². The van der Waals surface area contributed by atoms with E-state index in [0.717, 1.165) is 22.6 Å². The molecule has 0 unspecified atom stereocenters. The summed E-state index contributed by atoms with van der Waals surface area (Å²) in [4.78, 5) is 12.2. The van der Waals surface area contributed by atoms with Crippen LogP contribution in [-0.4, -0.2) is 30.5 Å². The molecule has 0 bridgehead atoms. The van der Waals surface area contributed by atoms with E-state index in [4.69, 9.17) is 5.11 Å². The van der Waals surface area contributed by atoms with Gasteiger partial charge in [0.2, 0.25) is 0 Å². The zero-order chi connectivity index (χ0) is 18.7. The number of carboxylic acid groups (broad SMARTS) is 1. The quantitative estimate of drug-likeness (QED) is 0.743. The van der Waals surface area contributed by atoms with Crippen molar-refractivity contribution < 1.29 is 23.1 Å². The van der Waals surface area contributed by atoms with Gasteiger partial charge in [-0.3, -0.25) is 0 Å². The summed E-state index contributed by atoms with van der Waals surface area (Å²) in [5.74, 6) is -1.24. The number of nitrogens with one attached hydrogen (secondary N) is 2. The first-order valence-electron chi connectivity index (χ1n) is 8.06. The maximum Gasteiger partial charge on any atom is 0.404 e. The van der Waals surface area contributed by atoms with Crippen LogP contribution in [0.1, 0.15) is 5.56 Å². The molecule has 138 valence electrons. The molecular weight excluding hydrogens is 347 g/mol. The fourth-order valence-electron chi connectivity index (χ4n) is 2.70.